The van der Waals surface area contributed by atoms with E-state index in [0.29, 0.717) is 17.9 Å². The van der Waals surface area contributed by atoms with Gasteiger partial charge in [-0.15, -0.1) is 0 Å². The molecule has 2 amide bonds. The minimum atomic E-state index is -0.649. The summed E-state index contributed by atoms with van der Waals surface area (Å²) in [6.07, 6.45) is 1.63. The Morgan fingerprint density at radius 3 is 2.59 bits per heavy atom. The van der Waals surface area contributed by atoms with E-state index in [1.807, 2.05) is 42.5 Å². The largest absolute Gasteiger partial charge is 0.487 e. The van der Waals surface area contributed by atoms with Gasteiger partial charge in [-0.1, -0.05) is 30.3 Å². The number of esters is 1. The molecule has 0 radical (unpaired) electrons. The second-order valence-electron chi connectivity index (χ2n) is 5.92. The number of nitrogens with zero attached hydrogens (tertiary/aromatic N) is 1. The van der Waals surface area contributed by atoms with Crippen LogP contribution in [0.5, 0.6) is 5.75 Å². The number of thioether (sulfide) groups is 1. The summed E-state index contributed by atoms with van der Waals surface area (Å²) in [7, 11) is 1.21. The molecule has 6 nitrogen and oxygen atoms in total. The maximum absolute atomic E-state index is 12.6. The van der Waals surface area contributed by atoms with Crippen LogP contribution in [0.2, 0.25) is 0 Å². The Hall–Kier alpha value is -1.60. The van der Waals surface area contributed by atoms with Crippen LogP contribution in [0.1, 0.15) is 11.1 Å². The predicted octanol–water partition coefficient (Wildman–Crippen LogP) is 4.68. The van der Waals surface area contributed by atoms with Crippen molar-refractivity contribution in [3.05, 3.63) is 65.6 Å². The highest BCUT2D eigenvalue weighted by Gasteiger charge is 2.36. The lowest BCUT2D eigenvalue weighted by Gasteiger charge is -2.13. The fourth-order valence-corrected chi connectivity index (χ4v) is 5.42. The minimum absolute atomic E-state index is 0.237. The quantitative estimate of drug-likeness (QED) is 0.261. The van der Waals surface area contributed by atoms with Gasteiger partial charge in [0.1, 0.15) is 18.9 Å². The van der Waals surface area contributed by atoms with Crippen molar-refractivity contribution in [1.82, 2.24) is 4.90 Å². The summed E-state index contributed by atoms with van der Waals surface area (Å²) in [5.74, 6) is -0.535. The van der Waals surface area contributed by atoms with E-state index in [2.05, 4.69) is 49.9 Å². The molecule has 3 rings (SSSR count). The van der Waals surface area contributed by atoms with Gasteiger partial charge in [0.2, 0.25) is 0 Å². The summed E-state index contributed by atoms with van der Waals surface area (Å²) in [4.78, 5) is 37.3. The third kappa shape index (κ3) is 5.51. The number of amides is 2. The lowest BCUT2D eigenvalue weighted by atomic mass is 10.1. The third-order valence-corrected chi connectivity index (χ3v) is 6.27. The molecule has 0 aliphatic carbocycles. The molecular weight excluding hydrogens is 620 g/mol. The Kier molecular flexibility index (Phi) is 7.57. The molecule has 29 heavy (non-hydrogen) atoms. The Morgan fingerprint density at radius 1 is 1.17 bits per heavy atom. The van der Waals surface area contributed by atoms with E-state index in [1.54, 1.807) is 6.08 Å². The second kappa shape index (κ2) is 9.94. The summed E-state index contributed by atoms with van der Waals surface area (Å²) < 4.78 is 12.5. The van der Waals surface area contributed by atoms with Gasteiger partial charge in [-0.2, -0.15) is 0 Å². The molecule has 1 aliphatic heterocycles. The fourth-order valence-electron chi connectivity index (χ4n) is 2.54. The standard InChI is InChI=1S/C20H15I2NO5S/c1-27-17(24)10-23-19(25)16(29-20(23)26)8-13-7-14(21)9-15(22)18(13)28-11-12-5-3-2-4-6-12/h2-9H,10-11H2,1H3/b16-8+. The second-order valence-corrected chi connectivity index (χ2v) is 9.33. The average molecular weight is 635 g/mol. The highest BCUT2D eigenvalue weighted by molar-refractivity contribution is 14.1. The lowest BCUT2D eigenvalue weighted by molar-refractivity contribution is -0.143. The molecule has 1 heterocycles. The molecule has 1 fully saturated rings. The zero-order valence-corrected chi connectivity index (χ0v) is 20.3. The molecule has 0 N–H and O–H groups in total. The number of hydrogen-bond donors (Lipinski definition) is 0. The number of halogens is 2. The van der Waals surface area contributed by atoms with Crippen molar-refractivity contribution < 1.29 is 23.9 Å². The van der Waals surface area contributed by atoms with Crippen LogP contribution in [0.4, 0.5) is 4.79 Å². The number of methoxy groups -OCH3 is 1. The van der Waals surface area contributed by atoms with E-state index in [-0.39, 0.29) is 4.91 Å². The Bertz CT molecular complexity index is 994. The molecule has 1 saturated heterocycles. The van der Waals surface area contributed by atoms with Gasteiger partial charge < -0.3 is 9.47 Å². The number of rotatable bonds is 6. The van der Waals surface area contributed by atoms with Gasteiger partial charge in [0.15, 0.2) is 0 Å². The van der Waals surface area contributed by atoms with Crippen LogP contribution >= 0.6 is 56.9 Å². The zero-order chi connectivity index (χ0) is 21.0. The molecule has 9 heteroatoms. The van der Waals surface area contributed by atoms with Crippen molar-refractivity contribution in [3.63, 3.8) is 0 Å². The van der Waals surface area contributed by atoms with Crippen molar-refractivity contribution in [2.45, 2.75) is 6.61 Å². The topological polar surface area (TPSA) is 72.9 Å². The fraction of sp³-hybridized carbons (Fsp3) is 0.150. The first-order valence-corrected chi connectivity index (χ1v) is 11.3. The maximum Gasteiger partial charge on any atom is 0.325 e. The van der Waals surface area contributed by atoms with Crippen molar-refractivity contribution in [3.8, 4) is 5.75 Å². The number of benzene rings is 2. The van der Waals surface area contributed by atoms with Crippen molar-refractivity contribution in [2.24, 2.45) is 0 Å². The lowest BCUT2D eigenvalue weighted by Crippen LogP contribution is -2.34. The van der Waals surface area contributed by atoms with Gasteiger partial charge in [-0.25, -0.2) is 0 Å². The molecule has 0 atom stereocenters. The Labute approximate surface area is 199 Å². The highest BCUT2D eigenvalue weighted by Crippen LogP contribution is 2.36. The normalized spacial score (nSPS) is 15.1. The molecule has 2 aromatic carbocycles. The number of carbonyl (C=O) groups is 3. The molecule has 0 aromatic heterocycles. The number of carbonyl (C=O) groups excluding carboxylic acids is 3. The average Bonchev–Trinajstić information content (AvgIpc) is 2.95. The third-order valence-electron chi connectivity index (χ3n) is 3.94. The SMILES string of the molecule is COC(=O)CN1C(=O)S/C(=C/c2cc(I)cc(I)c2OCc2ccccc2)C1=O. The van der Waals surface area contributed by atoms with Gasteiger partial charge in [0.25, 0.3) is 11.1 Å². The van der Waals surface area contributed by atoms with Crippen molar-refractivity contribution in [1.29, 1.82) is 0 Å². The zero-order valence-electron chi connectivity index (χ0n) is 15.2. The van der Waals surface area contributed by atoms with E-state index in [9.17, 15) is 14.4 Å². The number of imide groups is 1. The van der Waals surface area contributed by atoms with Crippen LogP contribution in [0.3, 0.4) is 0 Å². The van der Waals surface area contributed by atoms with Gasteiger partial charge in [0.05, 0.1) is 15.6 Å². The van der Waals surface area contributed by atoms with Gasteiger partial charge in [-0.3, -0.25) is 19.3 Å². The van der Waals surface area contributed by atoms with Crippen molar-refractivity contribution in [2.75, 3.05) is 13.7 Å². The summed E-state index contributed by atoms with van der Waals surface area (Å²) in [5.41, 5.74) is 1.71. The van der Waals surface area contributed by atoms with Gasteiger partial charge in [-0.05, 0) is 80.7 Å². The van der Waals surface area contributed by atoms with E-state index in [0.717, 1.165) is 29.4 Å². The van der Waals surface area contributed by atoms with Crippen LogP contribution in [-0.4, -0.2) is 35.7 Å². The maximum atomic E-state index is 12.6. The van der Waals surface area contributed by atoms with Crippen molar-refractivity contribution >= 4 is 80.1 Å². The van der Waals surface area contributed by atoms with Crippen LogP contribution in [0.15, 0.2) is 47.4 Å². The molecule has 0 unspecified atom stereocenters. The molecule has 2 aromatic rings. The van der Waals surface area contributed by atoms with Crippen LogP contribution in [-0.2, 0) is 20.9 Å². The van der Waals surface area contributed by atoms with E-state index < -0.39 is 23.7 Å². The van der Waals surface area contributed by atoms with Gasteiger partial charge >= 0.3 is 5.97 Å². The van der Waals surface area contributed by atoms with E-state index >= 15 is 0 Å². The minimum Gasteiger partial charge on any atom is -0.487 e. The summed E-state index contributed by atoms with van der Waals surface area (Å²) >= 11 is 5.17. The Balaban J connectivity index is 1.89. The Morgan fingerprint density at radius 2 is 1.90 bits per heavy atom. The van der Waals surface area contributed by atoms with Crippen LogP contribution in [0.25, 0.3) is 6.08 Å². The predicted molar refractivity (Wildman–Crippen MR) is 127 cm³/mol. The summed E-state index contributed by atoms with van der Waals surface area (Å²) in [5, 5.41) is -0.501. The smallest absolute Gasteiger partial charge is 0.325 e. The molecular formula is C20H15I2NO5S. The molecule has 150 valence electrons. The van der Waals surface area contributed by atoms with Gasteiger partial charge in [0, 0.05) is 9.13 Å². The summed E-state index contributed by atoms with van der Waals surface area (Å²) in [6.45, 7) is -0.0260. The number of hydrogen-bond acceptors (Lipinski definition) is 6. The first-order chi connectivity index (χ1) is 13.9. The number of ether oxygens (including phenoxy) is 2. The van der Waals surface area contributed by atoms with E-state index in [1.165, 1.54) is 7.11 Å². The molecule has 1 aliphatic rings. The molecule has 0 spiro atoms. The molecule has 0 saturated carbocycles. The monoisotopic (exact) mass is 635 g/mol. The first kappa shape index (κ1) is 22.1. The van der Waals surface area contributed by atoms with E-state index in [4.69, 9.17) is 4.74 Å². The first-order valence-electron chi connectivity index (χ1n) is 8.37. The highest BCUT2D eigenvalue weighted by atomic mass is 127. The summed E-state index contributed by atoms with van der Waals surface area (Å²) in [6, 6.07) is 13.6. The van der Waals surface area contributed by atoms with Crippen LogP contribution < -0.4 is 4.74 Å². The van der Waals surface area contributed by atoms with Crippen LogP contribution in [0, 0.1) is 7.14 Å². The molecule has 0 bridgehead atoms.